The molecule has 1 aliphatic carbocycles. The van der Waals surface area contributed by atoms with E-state index in [4.69, 9.17) is 14.9 Å². The lowest BCUT2D eigenvalue weighted by Gasteiger charge is -2.24. The first kappa shape index (κ1) is 19.4. The smallest absolute Gasteiger partial charge is 0.421 e. The molecule has 1 aliphatic rings. The van der Waals surface area contributed by atoms with Gasteiger partial charge < -0.3 is 14.9 Å². The van der Waals surface area contributed by atoms with Crippen molar-refractivity contribution < 1.29 is 29.3 Å². The number of carboxylic acid groups (broad SMARTS) is 2. The number of hydrogen-bond donors (Lipinski definition) is 3. The number of nitrogens with zero attached hydrogens (tertiary/aromatic N) is 1. The third-order valence-electron chi connectivity index (χ3n) is 4.73. The summed E-state index contributed by atoms with van der Waals surface area (Å²) >= 11 is 0. The van der Waals surface area contributed by atoms with Gasteiger partial charge in [-0.3, -0.25) is 15.0 Å². The lowest BCUT2D eigenvalue weighted by molar-refractivity contribution is -0.150. The molecule has 0 heterocycles. The van der Waals surface area contributed by atoms with Gasteiger partial charge in [-0.25, -0.2) is 9.80 Å². The molecule has 0 aliphatic heterocycles. The number of carbonyl (C=O) groups excluding carboxylic acids is 1. The minimum atomic E-state index is -1.40. The van der Waals surface area contributed by atoms with E-state index in [1.54, 1.807) is 0 Å². The summed E-state index contributed by atoms with van der Waals surface area (Å²) in [4.78, 5) is 34.1. The second-order valence-corrected chi connectivity index (χ2v) is 6.50. The molecular weight excluding hydrogens is 364 g/mol. The molecule has 1 atom stereocenters. The van der Waals surface area contributed by atoms with Gasteiger partial charge in [0.25, 0.3) is 0 Å². The molecule has 28 heavy (non-hydrogen) atoms. The largest absolute Gasteiger partial charge is 0.481 e. The molecule has 3 N–H and O–H groups in total. The SMILES string of the molecule is CN(NC(=O)OCC1c2ccccc2-c2ccccc21)[C@@H](CC(=O)O)C(=O)O. The van der Waals surface area contributed by atoms with Crippen molar-refractivity contribution in [3.05, 3.63) is 59.7 Å². The Labute approximate surface area is 161 Å². The quantitative estimate of drug-likeness (QED) is 0.627. The van der Waals surface area contributed by atoms with Crippen molar-refractivity contribution in [1.29, 1.82) is 0 Å². The highest BCUT2D eigenvalue weighted by molar-refractivity contribution is 5.81. The Balaban J connectivity index is 1.66. The van der Waals surface area contributed by atoms with Crippen molar-refractivity contribution in [3.63, 3.8) is 0 Å². The average Bonchev–Trinajstić information content (AvgIpc) is 2.98. The molecular formula is C20H20N2O6. The molecule has 0 aromatic heterocycles. The summed E-state index contributed by atoms with van der Waals surface area (Å²) in [7, 11) is 1.28. The molecule has 3 rings (SSSR count). The first-order valence-corrected chi connectivity index (χ1v) is 8.67. The third kappa shape index (κ3) is 3.96. The zero-order valence-corrected chi connectivity index (χ0v) is 15.2. The number of rotatable bonds is 7. The molecule has 8 heteroatoms. The minimum absolute atomic E-state index is 0.0738. The van der Waals surface area contributed by atoms with Crippen molar-refractivity contribution in [2.75, 3.05) is 13.7 Å². The van der Waals surface area contributed by atoms with Gasteiger partial charge in [0, 0.05) is 13.0 Å². The number of carboxylic acids is 2. The van der Waals surface area contributed by atoms with Gasteiger partial charge in [-0.05, 0) is 22.3 Å². The summed E-state index contributed by atoms with van der Waals surface area (Å²) in [5.74, 6) is -2.77. The predicted molar refractivity (Wildman–Crippen MR) is 99.6 cm³/mol. The summed E-state index contributed by atoms with van der Waals surface area (Å²) in [6, 6.07) is 14.4. The van der Waals surface area contributed by atoms with Crippen LogP contribution in [0.5, 0.6) is 0 Å². The molecule has 0 saturated heterocycles. The first-order chi connectivity index (χ1) is 13.4. The maximum absolute atomic E-state index is 12.1. The van der Waals surface area contributed by atoms with Gasteiger partial charge in [0.15, 0.2) is 0 Å². The van der Waals surface area contributed by atoms with Gasteiger partial charge in [-0.15, -0.1) is 0 Å². The van der Waals surface area contributed by atoms with Crippen LogP contribution in [0.3, 0.4) is 0 Å². The van der Waals surface area contributed by atoms with E-state index < -0.39 is 30.5 Å². The number of ether oxygens (including phenoxy) is 1. The monoisotopic (exact) mass is 384 g/mol. The highest BCUT2D eigenvalue weighted by Crippen LogP contribution is 2.44. The fourth-order valence-electron chi connectivity index (χ4n) is 3.41. The molecule has 146 valence electrons. The van der Waals surface area contributed by atoms with Crippen molar-refractivity contribution in [2.24, 2.45) is 0 Å². The van der Waals surface area contributed by atoms with Gasteiger partial charge >= 0.3 is 18.0 Å². The molecule has 2 aromatic rings. The lowest BCUT2D eigenvalue weighted by Crippen LogP contribution is -2.50. The van der Waals surface area contributed by atoms with Crippen LogP contribution < -0.4 is 5.43 Å². The molecule has 0 radical (unpaired) electrons. The Bertz CT molecular complexity index is 868. The van der Waals surface area contributed by atoms with Gasteiger partial charge in [0.1, 0.15) is 12.6 Å². The van der Waals surface area contributed by atoms with E-state index in [0.717, 1.165) is 27.3 Å². The number of fused-ring (bicyclic) bond motifs is 3. The van der Waals surface area contributed by atoms with Crippen LogP contribution >= 0.6 is 0 Å². The van der Waals surface area contributed by atoms with Crippen molar-refractivity contribution >= 4 is 18.0 Å². The third-order valence-corrected chi connectivity index (χ3v) is 4.73. The van der Waals surface area contributed by atoms with Crippen LogP contribution in [-0.2, 0) is 14.3 Å². The van der Waals surface area contributed by atoms with E-state index in [1.807, 2.05) is 48.5 Å². The Kier molecular flexibility index (Phi) is 5.60. The zero-order chi connectivity index (χ0) is 20.3. The van der Waals surface area contributed by atoms with Crippen LogP contribution in [0.4, 0.5) is 4.79 Å². The predicted octanol–water partition coefficient (Wildman–Crippen LogP) is 2.30. The summed E-state index contributed by atoms with van der Waals surface area (Å²) < 4.78 is 5.31. The second-order valence-electron chi connectivity index (χ2n) is 6.50. The number of amides is 1. The van der Waals surface area contributed by atoms with Gasteiger partial charge in [0.2, 0.25) is 0 Å². The van der Waals surface area contributed by atoms with Crippen molar-refractivity contribution in [3.8, 4) is 11.1 Å². The Morgan fingerprint density at radius 2 is 1.57 bits per heavy atom. The molecule has 1 amide bonds. The van der Waals surface area contributed by atoms with Crippen LogP contribution in [0, 0.1) is 0 Å². The van der Waals surface area contributed by atoms with E-state index in [9.17, 15) is 14.4 Å². The Morgan fingerprint density at radius 1 is 1.04 bits per heavy atom. The molecule has 0 bridgehead atoms. The zero-order valence-electron chi connectivity index (χ0n) is 15.2. The number of likely N-dealkylation sites (N-methyl/N-ethyl adjacent to an activating group) is 1. The number of benzene rings is 2. The number of nitrogens with one attached hydrogen (secondary N) is 1. The molecule has 0 unspecified atom stereocenters. The molecule has 0 spiro atoms. The number of hydrazine groups is 1. The topological polar surface area (TPSA) is 116 Å². The number of carbonyl (C=O) groups is 3. The standard InChI is InChI=1S/C20H20N2O6/c1-22(17(19(25)26)10-18(23)24)21-20(27)28-11-16-14-8-4-2-6-12(14)13-7-3-5-9-15(13)16/h2-9,16-17H,10-11H2,1H3,(H,21,27)(H,23,24)(H,25,26)/t17-/m0/s1. The van der Waals surface area contributed by atoms with Crippen LogP contribution in [0.1, 0.15) is 23.5 Å². The maximum atomic E-state index is 12.1. The van der Waals surface area contributed by atoms with Gasteiger partial charge in [-0.1, -0.05) is 48.5 Å². The van der Waals surface area contributed by atoms with Crippen molar-refractivity contribution in [1.82, 2.24) is 10.4 Å². The van der Waals surface area contributed by atoms with Gasteiger partial charge in [-0.2, -0.15) is 0 Å². The molecule has 0 fully saturated rings. The summed E-state index contributed by atoms with van der Waals surface area (Å²) in [5.41, 5.74) is 6.56. The van der Waals surface area contributed by atoms with E-state index in [2.05, 4.69) is 5.43 Å². The number of aliphatic carboxylic acids is 2. The summed E-state index contributed by atoms with van der Waals surface area (Å²) in [6.45, 7) is 0.0738. The van der Waals surface area contributed by atoms with Crippen LogP contribution in [0.15, 0.2) is 48.5 Å². The summed E-state index contributed by atoms with van der Waals surface area (Å²) in [6.07, 6.45) is -1.50. The van der Waals surface area contributed by atoms with E-state index in [1.165, 1.54) is 7.05 Å². The van der Waals surface area contributed by atoms with E-state index in [-0.39, 0.29) is 12.5 Å². The lowest BCUT2D eigenvalue weighted by atomic mass is 9.98. The van der Waals surface area contributed by atoms with Crippen molar-refractivity contribution in [2.45, 2.75) is 18.4 Å². The van der Waals surface area contributed by atoms with E-state index >= 15 is 0 Å². The minimum Gasteiger partial charge on any atom is -0.481 e. The number of hydrogen-bond acceptors (Lipinski definition) is 5. The molecule has 2 aromatic carbocycles. The van der Waals surface area contributed by atoms with Crippen LogP contribution in [0.2, 0.25) is 0 Å². The molecule has 0 saturated carbocycles. The van der Waals surface area contributed by atoms with E-state index in [0.29, 0.717) is 0 Å². The first-order valence-electron chi connectivity index (χ1n) is 8.67. The molecule has 8 nitrogen and oxygen atoms in total. The average molecular weight is 384 g/mol. The van der Waals surface area contributed by atoms with Crippen LogP contribution in [-0.4, -0.2) is 53.0 Å². The Hall–Kier alpha value is -3.39. The maximum Gasteiger partial charge on any atom is 0.421 e. The van der Waals surface area contributed by atoms with Crippen LogP contribution in [0.25, 0.3) is 11.1 Å². The van der Waals surface area contributed by atoms with Gasteiger partial charge in [0.05, 0.1) is 6.42 Å². The Morgan fingerprint density at radius 3 is 2.07 bits per heavy atom. The highest BCUT2D eigenvalue weighted by atomic mass is 16.6. The second kappa shape index (κ2) is 8.10. The highest BCUT2D eigenvalue weighted by Gasteiger charge is 2.30. The normalized spacial score (nSPS) is 13.5. The fraction of sp³-hybridized carbons (Fsp3) is 0.250. The summed E-state index contributed by atoms with van der Waals surface area (Å²) in [5, 5.41) is 18.9. The fourth-order valence-corrected chi connectivity index (χ4v) is 3.41.